The number of hydrogen-bond acceptors (Lipinski definition) is 7. The summed E-state index contributed by atoms with van der Waals surface area (Å²) in [5.41, 5.74) is -0.393. The van der Waals surface area contributed by atoms with E-state index >= 15 is 0 Å². The van der Waals surface area contributed by atoms with E-state index in [1.165, 1.54) is 11.3 Å². The van der Waals surface area contributed by atoms with Crippen molar-refractivity contribution in [1.29, 1.82) is 0 Å². The quantitative estimate of drug-likeness (QED) is 0.316. The summed E-state index contributed by atoms with van der Waals surface area (Å²) in [4.78, 5) is 22.5. The lowest BCUT2D eigenvalue weighted by atomic mass is 10.1. The molecule has 3 aromatic rings. The number of thiophene rings is 1. The van der Waals surface area contributed by atoms with E-state index in [0.717, 1.165) is 22.2 Å². The SMILES string of the molecule is O=C(N=NCc1cc(O)c(O)c([N+](=O)[O-])c1)c1cc2ccccc2s1. The van der Waals surface area contributed by atoms with Crippen molar-refractivity contribution in [2.45, 2.75) is 6.54 Å². The Hall–Kier alpha value is -3.33. The van der Waals surface area contributed by atoms with Gasteiger partial charge in [0.1, 0.15) is 0 Å². The molecule has 0 aliphatic rings. The van der Waals surface area contributed by atoms with Crippen LogP contribution in [0.2, 0.25) is 0 Å². The van der Waals surface area contributed by atoms with Crippen LogP contribution in [0.4, 0.5) is 5.69 Å². The largest absolute Gasteiger partial charge is 0.504 e. The van der Waals surface area contributed by atoms with E-state index in [9.17, 15) is 25.1 Å². The molecule has 1 aromatic heterocycles. The molecule has 8 nitrogen and oxygen atoms in total. The van der Waals surface area contributed by atoms with Crippen LogP contribution in [0.3, 0.4) is 0 Å². The molecule has 2 aromatic carbocycles. The topological polar surface area (TPSA) is 125 Å². The molecule has 0 atom stereocenters. The predicted molar refractivity (Wildman–Crippen MR) is 91.1 cm³/mol. The van der Waals surface area contributed by atoms with Gasteiger partial charge in [-0.25, -0.2) is 0 Å². The number of nitrogens with zero attached hydrogens (tertiary/aromatic N) is 3. The van der Waals surface area contributed by atoms with Crippen molar-refractivity contribution in [3.8, 4) is 11.5 Å². The number of hydrogen-bond donors (Lipinski definition) is 2. The highest BCUT2D eigenvalue weighted by molar-refractivity contribution is 7.20. The standard InChI is InChI=1S/C16H11N3O5S/c20-12-6-9(5-11(15(12)21)19(23)24)8-17-18-16(22)14-7-10-3-1-2-4-13(10)25-14/h1-7,20-21H,8H2. The third-order valence-corrected chi connectivity index (χ3v) is 4.48. The molecule has 0 fully saturated rings. The lowest BCUT2D eigenvalue weighted by Gasteiger charge is -2.01. The third kappa shape index (κ3) is 3.45. The maximum atomic E-state index is 12.1. The lowest BCUT2D eigenvalue weighted by molar-refractivity contribution is -0.386. The van der Waals surface area contributed by atoms with Crippen molar-refractivity contribution < 1.29 is 19.9 Å². The average molecular weight is 357 g/mol. The molecule has 9 heteroatoms. The zero-order chi connectivity index (χ0) is 18.0. The van der Waals surface area contributed by atoms with Gasteiger partial charge in [0.25, 0.3) is 0 Å². The van der Waals surface area contributed by atoms with Crippen molar-refractivity contribution in [3.05, 3.63) is 63.0 Å². The highest BCUT2D eigenvalue weighted by Crippen LogP contribution is 2.36. The van der Waals surface area contributed by atoms with E-state index in [2.05, 4.69) is 10.2 Å². The van der Waals surface area contributed by atoms with E-state index in [1.807, 2.05) is 24.3 Å². The fourth-order valence-corrected chi connectivity index (χ4v) is 3.15. The molecule has 0 aliphatic carbocycles. The zero-order valence-electron chi connectivity index (χ0n) is 12.6. The Morgan fingerprint density at radius 2 is 1.96 bits per heavy atom. The number of phenols is 2. The molecule has 0 spiro atoms. The summed E-state index contributed by atoms with van der Waals surface area (Å²) in [6, 6.07) is 11.4. The molecule has 0 saturated heterocycles. The molecular weight excluding hydrogens is 346 g/mol. The maximum Gasteiger partial charge on any atom is 0.314 e. The number of fused-ring (bicyclic) bond motifs is 1. The van der Waals surface area contributed by atoms with Gasteiger partial charge in [0.2, 0.25) is 5.75 Å². The Labute approximate surface area is 144 Å². The van der Waals surface area contributed by atoms with Gasteiger partial charge in [-0.1, -0.05) is 18.2 Å². The number of benzene rings is 2. The highest BCUT2D eigenvalue weighted by atomic mass is 32.1. The van der Waals surface area contributed by atoms with Gasteiger partial charge in [0.15, 0.2) is 5.75 Å². The van der Waals surface area contributed by atoms with Crippen LogP contribution in [0.1, 0.15) is 15.2 Å². The molecular formula is C16H11N3O5S. The number of azo groups is 1. The second kappa shape index (κ2) is 6.65. The molecule has 0 bridgehead atoms. The van der Waals surface area contributed by atoms with Crippen molar-refractivity contribution in [1.82, 2.24) is 0 Å². The summed E-state index contributed by atoms with van der Waals surface area (Å²) in [5, 5.41) is 38.0. The van der Waals surface area contributed by atoms with E-state index in [-0.39, 0.29) is 12.1 Å². The molecule has 2 N–H and O–H groups in total. The van der Waals surface area contributed by atoms with Crippen LogP contribution in [-0.2, 0) is 6.54 Å². The van der Waals surface area contributed by atoms with Gasteiger partial charge in [0, 0.05) is 10.8 Å². The molecule has 0 aliphatic heterocycles. The molecule has 3 rings (SSSR count). The van der Waals surface area contributed by atoms with Gasteiger partial charge in [-0.3, -0.25) is 14.9 Å². The van der Waals surface area contributed by atoms with Crippen LogP contribution in [0, 0.1) is 10.1 Å². The number of carbonyl (C=O) groups excluding carboxylic acids is 1. The first-order valence-electron chi connectivity index (χ1n) is 7.05. The summed E-state index contributed by atoms with van der Waals surface area (Å²) in [6.45, 7) is -0.148. The monoisotopic (exact) mass is 357 g/mol. The van der Waals surface area contributed by atoms with E-state index in [4.69, 9.17) is 0 Å². The lowest BCUT2D eigenvalue weighted by Crippen LogP contribution is -1.92. The van der Waals surface area contributed by atoms with Crippen molar-refractivity contribution in [2.24, 2.45) is 10.2 Å². The molecule has 1 amide bonds. The van der Waals surface area contributed by atoms with Crippen LogP contribution < -0.4 is 0 Å². The Bertz CT molecular complexity index is 979. The van der Waals surface area contributed by atoms with Gasteiger partial charge >= 0.3 is 11.6 Å². The summed E-state index contributed by atoms with van der Waals surface area (Å²) in [6.07, 6.45) is 0. The van der Waals surface area contributed by atoms with Gasteiger partial charge in [-0.15, -0.1) is 16.5 Å². The number of nitro groups is 1. The van der Waals surface area contributed by atoms with Crippen LogP contribution in [0.5, 0.6) is 11.5 Å². The van der Waals surface area contributed by atoms with Gasteiger partial charge in [-0.05, 0) is 29.1 Å². The van der Waals surface area contributed by atoms with Crippen LogP contribution >= 0.6 is 11.3 Å². The predicted octanol–water partition coefficient (Wildman–Crippen LogP) is 4.01. The normalized spacial score (nSPS) is 11.2. The molecule has 0 radical (unpaired) electrons. The molecule has 126 valence electrons. The first kappa shape index (κ1) is 16.5. The first-order chi connectivity index (χ1) is 12.0. The Morgan fingerprint density at radius 3 is 2.68 bits per heavy atom. The van der Waals surface area contributed by atoms with Crippen molar-refractivity contribution >= 4 is 33.0 Å². The second-order valence-corrected chi connectivity index (χ2v) is 6.18. The van der Waals surface area contributed by atoms with Gasteiger partial charge in [-0.2, -0.15) is 5.11 Å². The van der Waals surface area contributed by atoms with E-state index in [0.29, 0.717) is 4.88 Å². The maximum absolute atomic E-state index is 12.1. The highest BCUT2D eigenvalue weighted by Gasteiger charge is 2.18. The smallest absolute Gasteiger partial charge is 0.314 e. The summed E-state index contributed by atoms with van der Waals surface area (Å²) in [7, 11) is 0. The van der Waals surface area contributed by atoms with Crippen LogP contribution in [0.25, 0.3) is 10.1 Å². The number of amides is 1. The minimum absolute atomic E-state index is 0.148. The number of nitro benzene ring substituents is 1. The number of rotatable bonds is 4. The molecule has 0 saturated carbocycles. The fraction of sp³-hybridized carbons (Fsp3) is 0.0625. The third-order valence-electron chi connectivity index (χ3n) is 3.38. The van der Waals surface area contributed by atoms with E-state index < -0.39 is 28.0 Å². The fourth-order valence-electron chi connectivity index (χ4n) is 2.21. The summed E-state index contributed by atoms with van der Waals surface area (Å²) in [5.74, 6) is -1.96. The minimum Gasteiger partial charge on any atom is -0.504 e. The Kier molecular flexibility index (Phi) is 4.40. The molecule has 1 heterocycles. The minimum atomic E-state index is -0.821. The van der Waals surface area contributed by atoms with Crippen molar-refractivity contribution in [3.63, 3.8) is 0 Å². The zero-order valence-corrected chi connectivity index (χ0v) is 13.4. The first-order valence-corrected chi connectivity index (χ1v) is 7.87. The second-order valence-electron chi connectivity index (χ2n) is 5.09. The Balaban J connectivity index is 1.76. The summed E-state index contributed by atoms with van der Waals surface area (Å²) < 4.78 is 0.958. The number of carbonyl (C=O) groups is 1. The average Bonchev–Trinajstić information content (AvgIpc) is 3.01. The molecule has 0 unspecified atom stereocenters. The Morgan fingerprint density at radius 1 is 1.20 bits per heavy atom. The van der Waals surface area contributed by atoms with Crippen LogP contribution in [-0.4, -0.2) is 21.0 Å². The van der Waals surface area contributed by atoms with Gasteiger partial charge < -0.3 is 10.2 Å². The van der Waals surface area contributed by atoms with Crippen molar-refractivity contribution in [2.75, 3.05) is 0 Å². The summed E-state index contributed by atoms with van der Waals surface area (Å²) >= 11 is 1.30. The number of phenolic OH excluding ortho intramolecular Hbond substituents is 2. The van der Waals surface area contributed by atoms with E-state index in [1.54, 1.807) is 6.07 Å². The van der Waals surface area contributed by atoms with Gasteiger partial charge in [0.05, 0.1) is 16.3 Å². The molecule has 25 heavy (non-hydrogen) atoms. The number of aromatic hydroxyl groups is 2. The van der Waals surface area contributed by atoms with Crippen LogP contribution in [0.15, 0.2) is 52.7 Å².